The molecule has 1 aromatic rings. The van der Waals surface area contributed by atoms with Gasteiger partial charge in [-0.05, 0) is 6.92 Å². The fourth-order valence-corrected chi connectivity index (χ4v) is 1.38. The maximum Gasteiger partial charge on any atom is 0.102 e. The van der Waals surface area contributed by atoms with Gasteiger partial charge in [0.25, 0.3) is 0 Å². The standard InChI is InChI=1S/C8H14N4O/c1-2-12-5-7(10-11-12)8-6-13-4-3-9-8/h5,8-9H,2-4,6H2,1H3. The summed E-state index contributed by atoms with van der Waals surface area (Å²) in [5.74, 6) is 0. The van der Waals surface area contributed by atoms with Gasteiger partial charge in [-0.3, -0.25) is 4.68 Å². The maximum absolute atomic E-state index is 5.34. The van der Waals surface area contributed by atoms with Gasteiger partial charge in [-0.15, -0.1) is 5.10 Å². The molecule has 1 fully saturated rings. The molecule has 0 aliphatic carbocycles. The van der Waals surface area contributed by atoms with Crippen LogP contribution in [-0.2, 0) is 11.3 Å². The van der Waals surface area contributed by atoms with Crippen molar-refractivity contribution in [3.63, 3.8) is 0 Å². The molecule has 13 heavy (non-hydrogen) atoms. The third-order valence-corrected chi connectivity index (χ3v) is 2.16. The van der Waals surface area contributed by atoms with Crippen molar-refractivity contribution < 1.29 is 4.74 Å². The summed E-state index contributed by atoms with van der Waals surface area (Å²) in [4.78, 5) is 0. The minimum Gasteiger partial charge on any atom is -0.378 e. The first kappa shape index (κ1) is 8.65. The minimum absolute atomic E-state index is 0.217. The highest BCUT2D eigenvalue weighted by molar-refractivity contribution is 5.01. The molecular formula is C8H14N4O. The summed E-state index contributed by atoms with van der Waals surface area (Å²) < 4.78 is 7.16. The van der Waals surface area contributed by atoms with Crippen LogP contribution in [0.25, 0.3) is 0 Å². The van der Waals surface area contributed by atoms with Crippen molar-refractivity contribution in [3.8, 4) is 0 Å². The summed E-state index contributed by atoms with van der Waals surface area (Å²) in [6.07, 6.45) is 1.96. The number of hydrogen-bond acceptors (Lipinski definition) is 4. The fourth-order valence-electron chi connectivity index (χ4n) is 1.38. The normalized spacial score (nSPS) is 23.3. The van der Waals surface area contributed by atoms with Crippen LogP contribution in [0.15, 0.2) is 6.20 Å². The largest absolute Gasteiger partial charge is 0.378 e. The molecule has 1 unspecified atom stereocenters. The van der Waals surface area contributed by atoms with E-state index in [1.165, 1.54) is 0 Å². The van der Waals surface area contributed by atoms with Crippen LogP contribution >= 0.6 is 0 Å². The summed E-state index contributed by atoms with van der Waals surface area (Å²) in [6, 6.07) is 0.217. The molecule has 1 N–H and O–H groups in total. The number of hydrogen-bond donors (Lipinski definition) is 1. The van der Waals surface area contributed by atoms with E-state index in [0.29, 0.717) is 6.61 Å². The first-order valence-electron chi connectivity index (χ1n) is 4.61. The van der Waals surface area contributed by atoms with Crippen molar-refractivity contribution in [2.45, 2.75) is 19.5 Å². The van der Waals surface area contributed by atoms with Crippen LogP contribution in [0, 0.1) is 0 Å². The van der Waals surface area contributed by atoms with Crippen LogP contribution in [0.3, 0.4) is 0 Å². The summed E-state index contributed by atoms with van der Waals surface area (Å²) in [5, 5.41) is 11.4. The third kappa shape index (κ3) is 1.87. The number of nitrogens with zero attached hydrogens (tertiary/aromatic N) is 3. The topological polar surface area (TPSA) is 52.0 Å². The van der Waals surface area contributed by atoms with E-state index in [4.69, 9.17) is 4.74 Å². The van der Waals surface area contributed by atoms with Crippen LogP contribution in [0.2, 0.25) is 0 Å². The highest BCUT2D eigenvalue weighted by Crippen LogP contribution is 2.11. The third-order valence-electron chi connectivity index (χ3n) is 2.16. The Balaban J connectivity index is 2.05. The van der Waals surface area contributed by atoms with E-state index in [2.05, 4.69) is 15.6 Å². The lowest BCUT2D eigenvalue weighted by molar-refractivity contribution is 0.0756. The average molecular weight is 182 g/mol. The number of aryl methyl sites for hydroxylation is 1. The summed E-state index contributed by atoms with van der Waals surface area (Å²) in [7, 11) is 0. The van der Waals surface area contributed by atoms with Gasteiger partial charge < -0.3 is 10.1 Å². The van der Waals surface area contributed by atoms with Crippen LogP contribution in [-0.4, -0.2) is 34.8 Å². The van der Waals surface area contributed by atoms with E-state index in [1.807, 2.05) is 17.8 Å². The van der Waals surface area contributed by atoms with E-state index >= 15 is 0 Å². The second-order valence-corrected chi connectivity index (χ2v) is 3.08. The van der Waals surface area contributed by atoms with E-state index in [-0.39, 0.29) is 6.04 Å². The first-order chi connectivity index (χ1) is 6.40. The summed E-state index contributed by atoms with van der Waals surface area (Å²) in [6.45, 7) is 5.29. The van der Waals surface area contributed by atoms with Crippen LogP contribution in [0.5, 0.6) is 0 Å². The lowest BCUT2D eigenvalue weighted by atomic mass is 10.2. The van der Waals surface area contributed by atoms with Crippen molar-refractivity contribution in [1.82, 2.24) is 20.3 Å². The number of morpholine rings is 1. The zero-order valence-electron chi connectivity index (χ0n) is 7.73. The molecule has 1 aliphatic heterocycles. The van der Waals surface area contributed by atoms with Crippen LogP contribution < -0.4 is 5.32 Å². The predicted octanol–water partition coefficient (Wildman–Crippen LogP) is -0.0411. The van der Waals surface area contributed by atoms with E-state index in [1.54, 1.807) is 0 Å². The Morgan fingerprint density at radius 1 is 1.77 bits per heavy atom. The predicted molar refractivity (Wildman–Crippen MR) is 47.3 cm³/mol. The smallest absolute Gasteiger partial charge is 0.102 e. The average Bonchev–Trinajstić information content (AvgIpc) is 2.67. The Hall–Kier alpha value is -0.940. The second-order valence-electron chi connectivity index (χ2n) is 3.08. The molecule has 0 spiro atoms. The van der Waals surface area contributed by atoms with Crippen molar-refractivity contribution in [2.75, 3.05) is 19.8 Å². The molecule has 0 bridgehead atoms. The Morgan fingerprint density at radius 3 is 3.31 bits per heavy atom. The fraction of sp³-hybridized carbons (Fsp3) is 0.750. The molecule has 5 nitrogen and oxygen atoms in total. The van der Waals surface area contributed by atoms with Gasteiger partial charge in [0.1, 0.15) is 5.69 Å². The molecule has 72 valence electrons. The summed E-state index contributed by atoms with van der Waals surface area (Å²) in [5.41, 5.74) is 0.974. The molecule has 2 heterocycles. The van der Waals surface area contributed by atoms with Gasteiger partial charge in [-0.25, -0.2) is 0 Å². The van der Waals surface area contributed by atoms with Crippen LogP contribution in [0.1, 0.15) is 18.7 Å². The first-order valence-corrected chi connectivity index (χ1v) is 4.61. The van der Waals surface area contributed by atoms with Crippen molar-refractivity contribution in [2.24, 2.45) is 0 Å². The molecule has 0 aromatic carbocycles. The van der Waals surface area contributed by atoms with E-state index in [0.717, 1.165) is 25.4 Å². The second kappa shape index (κ2) is 3.85. The van der Waals surface area contributed by atoms with Crippen molar-refractivity contribution in [1.29, 1.82) is 0 Å². The number of rotatable bonds is 2. The van der Waals surface area contributed by atoms with Gasteiger partial charge >= 0.3 is 0 Å². The molecule has 2 rings (SSSR count). The zero-order chi connectivity index (χ0) is 9.10. The van der Waals surface area contributed by atoms with Gasteiger partial charge in [-0.1, -0.05) is 5.21 Å². The molecule has 0 radical (unpaired) electrons. The Bertz CT molecular complexity index is 267. The number of nitrogens with one attached hydrogen (secondary N) is 1. The Kier molecular flexibility index (Phi) is 2.56. The highest BCUT2D eigenvalue weighted by Gasteiger charge is 2.17. The quantitative estimate of drug-likeness (QED) is 0.697. The van der Waals surface area contributed by atoms with Gasteiger partial charge in [0.2, 0.25) is 0 Å². The molecule has 1 saturated heterocycles. The minimum atomic E-state index is 0.217. The van der Waals surface area contributed by atoms with Gasteiger partial charge in [-0.2, -0.15) is 0 Å². The lowest BCUT2D eigenvalue weighted by Gasteiger charge is -2.21. The SMILES string of the molecule is CCn1cc(C2COCCN2)nn1. The van der Waals surface area contributed by atoms with Crippen LogP contribution in [0.4, 0.5) is 0 Å². The summed E-state index contributed by atoms with van der Waals surface area (Å²) >= 11 is 0. The zero-order valence-corrected chi connectivity index (χ0v) is 7.73. The monoisotopic (exact) mass is 182 g/mol. The maximum atomic E-state index is 5.34. The van der Waals surface area contributed by atoms with Crippen molar-refractivity contribution in [3.05, 3.63) is 11.9 Å². The highest BCUT2D eigenvalue weighted by atomic mass is 16.5. The molecule has 5 heteroatoms. The van der Waals surface area contributed by atoms with Gasteiger partial charge in [0.05, 0.1) is 25.5 Å². The molecule has 1 aromatic heterocycles. The number of ether oxygens (including phenoxy) is 1. The van der Waals surface area contributed by atoms with E-state index in [9.17, 15) is 0 Å². The number of aromatic nitrogens is 3. The molecule has 0 amide bonds. The Labute approximate surface area is 77.1 Å². The molecule has 1 aliphatic rings. The van der Waals surface area contributed by atoms with Gasteiger partial charge in [0.15, 0.2) is 0 Å². The lowest BCUT2D eigenvalue weighted by Crippen LogP contribution is -2.34. The van der Waals surface area contributed by atoms with Crippen molar-refractivity contribution >= 4 is 0 Å². The van der Waals surface area contributed by atoms with Gasteiger partial charge in [0, 0.05) is 13.1 Å². The molecule has 0 saturated carbocycles. The van der Waals surface area contributed by atoms with E-state index < -0.39 is 0 Å². The molecule has 1 atom stereocenters. The Morgan fingerprint density at radius 2 is 2.69 bits per heavy atom. The molecular weight excluding hydrogens is 168 g/mol.